The molecule has 1 N–H and O–H groups in total. The molecule has 0 radical (unpaired) electrons. The molecule has 1 aromatic carbocycles. The maximum atomic E-state index is 11.5. The molecule has 1 heterocycles. The lowest BCUT2D eigenvalue weighted by Crippen LogP contribution is -2.13. The number of rotatable bonds is 1. The van der Waals surface area contributed by atoms with Crippen LogP contribution in [0.3, 0.4) is 0 Å². The molecule has 0 spiro atoms. The SMILES string of the molecule is Cc1cc(=O)n(-c2cc(Cl)cc(Cl)c2)[nH]1. The first-order chi connectivity index (χ1) is 7.06. The van der Waals surface area contributed by atoms with Crippen LogP contribution < -0.4 is 5.56 Å². The monoisotopic (exact) mass is 242 g/mol. The Morgan fingerprint density at radius 1 is 1.13 bits per heavy atom. The standard InChI is InChI=1S/C10H8Cl2N2O/c1-6-2-10(15)14(13-6)9-4-7(11)3-8(12)5-9/h2-5,13H,1H3. The van der Waals surface area contributed by atoms with Gasteiger partial charge < -0.3 is 0 Å². The van der Waals surface area contributed by atoms with E-state index in [2.05, 4.69) is 5.10 Å². The van der Waals surface area contributed by atoms with Crippen molar-refractivity contribution in [1.29, 1.82) is 0 Å². The van der Waals surface area contributed by atoms with Crippen molar-refractivity contribution in [2.75, 3.05) is 0 Å². The van der Waals surface area contributed by atoms with E-state index in [1.165, 1.54) is 10.7 Å². The first kappa shape index (κ1) is 10.3. The smallest absolute Gasteiger partial charge is 0.271 e. The lowest BCUT2D eigenvalue weighted by Gasteiger charge is -2.03. The summed E-state index contributed by atoms with van der Waals surface area (Å²) in [5, 5.41) is 3.90. The first-order valence-corrected chi connectivity index (χ1v) is 5.07. The summed E-state index contributed by atoms with van der Waals surface area (Å²) < 4.78 is 1.40. The maximum absolute atomic E-state index is 11.5. The van der Waals surface area contributed by atoms with Gasteiger partial charge in [0.05, 0.1) is 5.69 Å². The number of aryl methyl sites for hydroxylation is 1. The van der Waals surface area contributed by atoms with E-state index < -0.39 is 0 Å². The van der Waals surface area contributed by atoms with E-state index in [-0.39, 0.29) is 5.56 Å². The number of hydrogen-bond donors (Lipinski definition) is 1. The molecule has 0 atom stereocenters. The van der Waals surface area contributed by atoms with E-state index in [1.54, 1.807) is 18.2 Å². The molecule has 0 bridgehead atoms. The van der Waals surface area contributed by atoms with Crippen LogP contribution in [0.5, 0.6) is 0 Å². The molecular formula is C10H8Cl2N2O. The Balaban J connectivity index is 2.63. The van der Waals surface area contributed by atoms with Crippen LogP contribution in [-0.2, 0) is 0 Å². The van der Waals surface area contributed by atoms with Crippen molar-refractivity contribution >= 4 is 23.2 Å². The number of hydrogen-bond acceptors (Lipinski definition) is 1. The zero-order valence-electron chi connectivity index (χ0n) is 7.92. The van der Waals surface area contributed by atoms with Crippen LogP contribution in [0.2, 0.25) is 10.0 Å². The van der Waals surface area contributed by atoms with Gasteiger partial charge in [-0.2, -0.15) is 0 Å². The molecule has 0 aliphatic heterocycles. The molecule has 78 valence electrons. The molecule has 3 nitrogen and oxygen atoms in total. The van der Waals surface area contributed by atoms with E-state index in [4.69, 9.17) is 23.2 Å². The molecule has 2 rings (SSSR count). The minimum Gasteiger partial charge on any atom is -0.295 e. The zero-order valence-corrected chi connectivity index (χ0v) is 9.43. The number of nitrogens with zero attached hydrogens (tertiary/aromatic N) is 1. The van der Waals surface area contributed by atoms with Crippen LogP contribution in [0.1, 0.15) is 5.69 Å². The molecule has 1 aromatic heterocycles. The number of aromatic nitrogens is 2. The lowest BCUT2D eigenvalue weighted by molar-refractivity contribution is 0.835. The van der Waals surface area contributed by atoms with Gasteiger partial charge in [0.2, 0.25) is 0 Å². The predicted molar refractivity (Wildman–Crippen MR) is 61.1 cm³/mol. The van der Waals surface area contributed by atoms with E-state index in [1.807, 2.05) is 6.92 Å². The van der Waals surface area contributed by atoms with Crippen LogP contribution in [0.25, 0.3) is 5.69 Å². The summed E-state index contributed by atoms with van der Waals surface area (Å²) in [4.78, 5) is 11.5. The third-order valence-electron chi connectivity index (χ3n) is 1.95. The van der Waals surface area contributed by atoms with Crippen molar-refractivity contribution < 1.29 is 0 Å². The Kier molecular flexibility index (Phi) is 2.59. The number of halogens is 2. The van der Waals surface area contributed by atoms with E-state index in [0.29, 0.717) is 15.7 Å². The summed E-state index contributed by atoms with van der Waals surface area (Å²) in [5.41, 5.74) is 1.28. The molecule has 0 fully saturated rings. The van der Waals surface area contributed by atoms with Gasteiger partial charge in [-0.15, -0.1) is 0 Å². The zero-order chi connectivity index (χ0) is 11.0. The Bertz CT molecular complexity index is 537. The number of H-pyrrole nitrogens is 1. The Hall–Kier alpha value is -1.19. The van der Waals surface area contributed by atoms with Gasteiger partial charge in [-0.1, -0.05) is 23.2 Å². The fraction of sp³-hybridized carbons (Fsp3) is 0.100. The maximum Gasteiger partial charge on any atom is 0.271 e. The van der Waals surface area contributed by atoms with Crippen molar-refractivity contribution in [2.24, 2.45) is 0 Å². The normalized spacial score (nSPS) is 10.6. The van der Waals surface area contributed by atoms with E-state index >= 15 is 0 Å². The summed E-state index contributed by atoms with van der Waals surface area (Å²) >= 11 is 11.7. The predicted octanol–water partition coefficient (Wildman–Crippen LogP) is 2.78. The summed E-state index contributed by atoms with van der Waals surface area (Å²) in [7, 11) is 0. The van der Waals surface area contributed by atoms with E-state index in [9.17, 15) is 4.79 Å². The topological polar surface area (TPSA) is 37.8 Å². The molecule has 0 saturated carbocycles. The Morgan fingerprint density at radius 3 is 2.20 bits per heavy atom. The van der Waals surface area contributed by atoms with Gasteiger partial charge in [0, 0.05) is 21.8 Å². The second kappa shape index (κ2) is 3.76. The third-order valence-corrected chi connectivity index (χ3v) is 2.39. The average Bonchev–Trinajstić information content (AvgIpc) is 2.43. The van der Waals surface area contributed by atoms with Crippen molar-refractivity contribution in [2.45, 2.75) is 6.92 Å². The molecule has 5 heteroatoms. The van der Waals surface area contributed by atoms with Crippen LogP contribution in [0.15, 0.2) is 29.1 Å². The van der Waals surface area contributed by atoms with Crippen LogP contribution in [0.4, 0.5) is 0 Å². The van der Waals surface area contributed by atoms with E-state index in [0.717, 1.165) is 5.69 Å². The molecule has 0 aliphatic carbocycles. The van der Waals surface area contributed by atoms with Crippen molar-refractivity contribution in [1.82, 2.24) is 9.78 Å². The summed E-state index contributed by atoms with van der Waals surface area (Å²) in [6.07, 6.45) is 0. The second-order valence-corrected chi connectivity index (χ2v) is 4.11. The first-order valence-electron chi connectivity index (χ1n) is 4.31. The lowest BCUT2D eigenvalue weighted by atomic mass is 10.3. The highest BCUT2D eigenvalue weighted by atomic mass is 35.5. The van der Waals surface area contributed by atoms with Gasteiger partial charge in [-0.25, -0.2) is 4.68 Å². The van der Waals surface area contributed by atoms with Gasteiger partial charge >= 0.3 is 0 Å². The molecule has 0 amide bonds. The van der Waals surface area contributed by atoms with Gasteiger partial charge in [0.15, 0.2) is 0 Å². The number of benzene rings is 1. The molecular weight excluding hydrogens is 235 g/mol. The molecule has 0 aliphatic rings. The highest BCUT2D eigenvalue weighted by Gasteiger charge is 2.04. The third kappa shape index (κ3) is 2.08. The highest BCUT2D eigenvalue weighted by molar-refractivity contribution is 6.34. The van der Waals surface area contributed by atoms with Gasteiger partial charge in [0.1, 0.15) is 0 Å². The van der Waals surface area contributed by atoms with Crippen LogP contribution in [0, 0.1) is 6.92 Å². The minimum absolute atomic E-state index is 0.133. The Labute approximate surface area is 96.2 Å². The fourth-order valence-electron chi connectivity index (χ4n) is 1.37. The van der Waals surface area contributed by atoms with Crippen molar-refractivity contribution in [3.8, 4) is 5.69 Å². The van der Waals surface area contributed by atoms with Crippen molar-refractivity contribution in [3.63, 3.8) is 0 Å². The summed E-state index contributed by atoms with van der Waals surface area (Å²) in [6, 6.07) is 6.47. The largest absolute Gasteiger partial charge is 0.295 e. The van der Waals surface area contributed by atoms with Gasteiger partial charge in [-0.05, 0) is 25.1 Å². The molecule has 2 aromatic rings. The van der Waals surface area contributed by atoms with Gasteiger partial charge in [0.25, 0.3) is 5.56 Å². The quantitative estimate of drug-likeness (QED) is 0.821. The van der Waals surface area contributed by atoms with Gasteiger partial charge in [-0.3, -0.25) is 9.89 Å². The number of nitrogens with one attached hydrogen (secondary N) is 1. The minimum atomic E-state index is -0.133. The molecule has 15 heavy (non-hydrogen) atoms. The second-order valence-electron chi connectivity index (χ2n) is 3.24. The average molecular weight is 243 g/mol. The number of aromatic amines is 1. The van der Waals surface area contributed by atoms with Crippen LogP contribution in [-0.4, -0.2) is 9.78 Å². The fourth-order valence-corrected chi connectivity index (χ4v) is 1.89. The van der Waals surface area contributed by atoms with Crippen molar-refractivity contribution in [3.05, 3.63) is 50.4 Å². The summed E-state index contributed by atoms with van der Waals surface area (Å²) in [5.74, 6) is 0. The molecule has 0 unspecified atom stereocenters. The molecule has 0 saturated heterocycles. The highest BCUT2D eigenvalue weighted by Crippen LogP contribution is 2.20. The summed E-state index contributed by atoms with van der Waals surface area (Å²) in [6.45, 7) is 1.81. The Morgan fingerprint density at radius 2 is 1.73 bits per heavy atom. The van der Waals surface area contributed by atoms with Crippen LogP contribution >= 0.6 is 23.2 Å².